The number of benzene rings is 1. The zero-order valence-electron chi connectivity index (χ0n) is 12.3. The molecule has 0 aliphatic heterocycles. The van der Waals surface area contributed by atoms with E-state index in [1.54, 1.807) is 12.1 Å². The third kappa shape index (κ3) is 3.47. The fourth-order valence-electron chi connectivity index (χ4n) is 2.07. The SMILES string of the molecule is Cc1nc(C(F)(F)F)c(C(=O)Nc2ccccc2C(C)C)s1. The van der Waals surface area contributed by atoms with E-state index in [0.29, 0.717) is 5.69 Å². The molecule has 0 unspecified atom stereocenters. The minimum atomic E-state index is -4.64. The lowest BCUT2D eigenvalue weighted by Crippen LogP contribution is -2.18. The first kappa shape index (κ1) is 16.5. The first-order chi connectivity index (χ1) is 10.2. The van der Waals surface area contributed by atoms with Gasteiger partial charge < -0.3 is 5.32 Å². The van der Waals surface area contributed by atoms with Gasteiger partial charge in [0.1, 0.15) is 4.88 Å². The number of amides is 1. The molecule has 0 saturated carbocycles. The van der Waals surface area contributed by atoms with Crippen molar-refractivity contribution in [1.29, 1.82) is 0 Å². The van der Waals surface area contributed by atoms with Crippen molar-refractivity contribution in [2.24, 2.45) is 0 Å². The van der Waals surface area contributed by atoms with E-state index < -0.39 is 22.7 Å². The molecule has 1 heterocycles. The minimum absolute atomic E-state index is 0.141. The van der Waals surface area contributed by atoms with Crippen molar-refractivity contribution in [1.82, 2.24) is 4.98 Å². The van der Waals surface area contributed by atoms with Gasteiger partial charge in [-0.3, -0.25) is 4.79 Å². The number of rotatable bonds is 3. The molecule has 118 valence electrons. The number of aryl methyl sites for hydroxylation is 1. The number of hydrogen-bond acceptors (Lipinski definition) is 3. The Labute approximate surface area is 130 Å². The molecule has 0 saturated heterocycles. The maximum absolute atomic E-state index is 12.9. The van der Waals surface area contributed by atoms with Gasteiger partial charge in [0.05, 0.1) is 5.01 Å². The zero-order chi connectivity index (χ0) is 16.5. The van der Waals surface area contributed by atoms with Crippen LogP contribution in [0.1, 0.15) is 45.7 Å². The van der Waals surface area contributed by atoms with Crippen molar-refractivity contribution in [3.63, 3.8) is 0 Å². The molecule has 3 nitrogen and oxygen atoms in total. The molecule has 2 rings (SSSR count). The van der Waals surface area contributed by atoms with Crippen LogP contribution in [0.25, 0.3) is 0 Å². The Balaban J connectivity index is 2.35. The van der Waals surface area contributed by atoms with E-state index in [0.717, 1.165) is 16.9 Å². The molecule has 0 radical (unpaired) electrons. The van der Waals surface area contributed by atoms with Crippen molar-refractivity contribution in [2.75, 3.05) is 5.32 Å². The molecule has 0 aliphatic carbocycles. The molecule has 1 aromatic carbocycles. The maximum atomic E-state index is 12.9. The molecule has 1 aromatic heterocycles. The fraction of sp³-hybridized carbons (Fsp3) is 0.333. The predicted octanol–water partition coefficient (Wildman–Crippen LogP) is 4.85. The predicted molar refractivity (Wildman–Crippen MR) is 80.3 cm³/mol. The summed E-state index contributed by atoms with van der Waals surface area (Å²) in [6, 6.07) is 7.06. The smallest absolute Gasteiger partial charge is 0.321 e. The highest BCUT2D eigenvalue weighted by atomic mass is 32.1. The number of carbonyl (C=O) groups is 1. The lowest BCUT2D eigenvalue weighted by molar-refractivity contribution is -0.141. The third-order valence-corrected chi connectivity index (χ3v) is 4.01. The Morgan fingerprint density at radius 3 is 2.50 bits per heavy atom. The Bertz CT molecular complexity index is 692. The molecule has 0 aliphatic rings. The molecule has 0 fully saturated rings. The molecule has 0 atom stereocenters. The molecule has 22 heavy (non-hydrogen) atoms. The van der Waals surface area contributed by atoms with Gasteiger partial charge in [-0.1, -0.05) is 32.0 Å². The zero-order valence-corrected chi connectivity index (χ0v) is 13.1. The van der Waals surface area contributed by atoms with Crippen molar-refractivity contribution < 1.29 is 18.0 Å². The summed E-state index contributed by atoms with van der Waals surface area (Å²) in [4.78, 5) is 15.3. The average molecular weight is 328 g/mol. The van der Waals surface area contributed by atoms with Gasteiger partial charge >= 0.3 is 6.18 Å². The standard InChI is InChI=1S/C15H15F3N2OS/c1-8(2)10-6-4-5-7-11(10)20-14(21)12-13(15(16,17)18)19-9(3)22-12/h4-8H,1-3H3,(H,20,21). The van der Waals surface area contributed by atoms with Crippen molar-refractivity contribution in [2.45, 2.75) is 32.9 Å². The second kappa shape index (κ2) is 6.08. The van der Waals surface area contributed by atoms with Crippen LogP contribution in [0.2, 0.25) is 0 Å². The molecular formula is C15H15F3N2OS. The number of nitrogens with one attached hydrogen (secondary N) is 1. The number of para-hydroxylation sites is 1. The average Bonchev–Trinajstić information content (AvgIpc) is 2.81. The summed E-state index contributed by atoms with van der Waals surface area (Å²) in [6.45, 7) is 5.34. The van der Waals surface area contributed by atoms with Gasteiger partial charge in [0.25, 0.3) is 5.91 Å². The monoisotopic (exact) mass is 328 g/mol. The first-order valence-corrected chi connectivity index (χ1v) is 7.46. The van der Waals surface area contributed by atoms with Gasteiger partial charge in [-0.05, 0) is 24.5 Å². The Kier molecular flexibility index (Phi) is 4.55. The topological polar surface area (TPSA) is 42.0 Å². The molecule has 0 bridgehead atoms. The second-order valence-corrected chi connectivity index (χ2v) is 6.31. The first-order valence-electron chi connectivity index (χ1n) is 6.65. The summed E-state index contributed by atoms with van der Waals surface area (Å²) >= 11 is 0.740. The Hall–Kier alpha value is -1.89. The van der Waals surface area contributed by atoms with Crippen LogP contribution in [0, 0.1) is 6.92 Å². The number of thiazole rings is 1. The number of hydrogen-bond donors (Lipinski definition) is 1. The number of halogens is 3. The molecule has 1 amide bonds. The van der Waals surface area contributed by atoms with Crippen LogP contribution in [-0.2, 0) is 6.18 Å². The third-order valence-electron chi connectivity index (χ3n) is 3.04. The van der Waals surface area contributed by atoms with Crippen LogP contribution in [0.3, 0.4) is 0 Å². The van der Waals surface area contributed by atoms with Crippen LogP contribution in [0.4, 0.5) is 18.9 Å². The van der Waals surface area contributed by atoms with E-state index >= 15 is 0 Å². The maximum Gasteiger partial charge on any atom is 0.435 e. The lowest BCUT2D eigenvalue weighted by atomic mass is 10.0. The van der Waals surface area contributed by atoms with Gasteiger partial charge in [0.2, 0.25) is 0 Å². The largest absolute Gasteiger partial charge is 0.435 e. The summed E-state index contributed by atoms with van der Waals surface area (Å²) in [5.41, 5.74) is 0.252. The van der Waals surface area contributed by atoms with E-state index in [2.05, 4.69) is 10.3 Å². The van der Waals surface area contributed by atoms with Crippen LogP contribution < -0.4 is 5.32 Å². The van der Waals surface area contributed by atoms with Gasteiger partial charge in [-0.2, -0.15) is 13.2 Å². The highest BCUT2D eigenvalue weighted by molar-refractivity contribution is 7.13. The van der Waals surface area contributed by atoms with Crippen LogP contribution >= 0.6 is 11.3 Å². The lowest BCUT2D eigenvalue weighted by Gasteiger charge is -2.13. The van der Waals surface area contributed by atoms with Gasteiger partial charge in [0, 0.05) is 5.69 Å². The van der Waals surface area contributed by atoms with E-state index in [1.807, 2.05) is 26.0 Å². The summed E-state index contributed by atoms with van der Waals surface area (Å²) in [5.74, 6) is -0.646. The van der Waals surface area contributed by atoms with Crippen molar-refractivity contribution in [3.8, 4) is 0 Å². The Morgan fingerprint density at radius 2 is 1.91 bits per heavy atom. The molecule has 1 N–H and O–H groups in total. The fourth-order valence-corrected chi connectivity index (χ4v) is 2.90. The summed E-state index contributed by atoms with van der Waals surface area (Å²) in [7, 11) is 0. The minimum Gasteiger partial charge on any atom is -0.321 e. The summed E-state index contributed by atoms with van der Waals surface area (Å²) in [6.07, 6.45) is -4.64. The number of carbonyl (C=O) groups excluding carboxylic acids is 1. The highest BCUT2D eigenvalue weighted by Gasteiger charge is 2.39. The summed E-state index contributed by atoms with van der Waals surface area (Å²) < 4.78 is 38.8. The van der Waals surface area contributed by atoms with Gasteiger partial charge in [0.15, 0.2) is 5.69 Å². The molecule has 0 spiro atoms. The van der Waals surface area contributed by atoms with Crippen LogP contribution in [-0.4, -0.2) is 10.9 Å². The van der Waals surface area contributed by atoms with Gasteiger partial charge in [-0.25, -0.2) is 4.98 Å². The molecule has 2 aromatic rings. The van der Waals surface area contributed by atoms with Crippen LogP contribution in [0.5, 0.6) is 0 Å². The highest BCUT2D eigenvalue weighted by Crippen LogP contribution is 2.35. The quantitative estimate of drug-likeness (QED) is 0.875. The number of alkyl halides is 3. The van der Waals surface area contributed by atoms with E-state index in [1.165, 1.54) is 6.92 Å². The van der Waals surface area contributed by atoms with E-state index in [4.69, 9.17) is 0 Å². The summed E-state index contributed by atoms with van der Waals surface area (Å²) in [5, 5.41) is 2.77. The molecule has 7 heteroatoms. The van der Waals surface area contributed by atoms with Crippen molar-refractivity contribution in [3.05, 3.63) is 45.4 Å². The number of anilines is 1. The van der Waals surface area contributed by atoms with E-state index in [-0.39, 0.29) is 10.9 Å². The second-order valence-electron chi connectivity index (χ2n) is 5.10. The van der Waals surface area contributed by atoms with E-state index in [9.17, 15) is 18.0 Å². The number of aromatic nitrogens is 1. The molecular weight excluding hydrogens is 313 g/mol. The van der Waals surface area contributed by atoms with Gasteiger partial charge in [-0.15, -0.1) is 11.3 Å². The normalized spacial score (nSPS) is 11.8. The van der Waals surface area contributed by atoms with Crippen LogP contribution in [0.15, 0.2) is 24.3 Å². The number of nitrogens with zero attached hydrogens (tertiary/aromatic N) is 1. The Morgan fingerprint density at radius 1 is 1.27 bits per heavy atom. The van der Waals surface area contributed by atoms with Crippen molar-refractivity contribution >= 4 is 22.9 Å².